The van der Waals surface area contributed by atoms with Gasteiger partial charge in [-0.1, -0.05) is 32.8 Å². The van der Waals surface area contributed by atoms with Gasteiger partial charge in [-0.05, 0) is 37.0 Å². The van der Waals surface area contributed by atoms with Crippen LogP contribution in [0.25, 0.3) is 0 Å². The average molecular weight is 260 g/mol. The number of benzene rings is 1. The fourth-order valence-corrected chi connectivity index (χ4v) is 2.84. The molecule has 3 nitrogen and oxygen atoms in total. The molecule has 0 spiro atoms. The third-order valence-electron chi connectivity index (χ3n) is 4.20. The van der Waals surface area contributed by atoms with Gasteiger partial charge in [0.1, 0.15) is 0 Å². The normalized spacial score (nSPS) is 14.9. The van der Waals surface area contributed by atoms with Gasteiger partial charge >= 0.3 is 0 Å². The van der Waals surface area contributed by atoms with Gasteiger partial charge in [-0.3, -0.25) is 4.79 Å². The van der Waals surface area contributed by atoms with Gasteiger partial charge in [0, 0.05) is 23.8 Å². The molecule has 1 aromatic rings. The molecule has 104 valence electrons. The van der Waals surface area contributed by atoms with Crippen LogP contribution in [-0.4, -0.2) is 18.5 Å². The molecule has 0 bridgehead atoms. The van der Waals surface area contributed by atoms with E-state index in [4.69, 9.17) is 0 Å². The maximum atomic E-state index is 12.3. The van der Waals surface area contributed by atoms with Crippen molar-refractivity contribution in [2.75, 3.05) is 11.9 Å². The van der Waals surface area contributed by atoms with Crippen molar-refractivity contribution in [3.63, 3.8) is 0 Å². The Hall–Kier alpha value is -1.51. The summed E-state index contributed by atoms with van der Waals surface area (Å²) in [6.07, 6.45) is 3.26. The Morgan fingerprint density at radius 2 is 2.11 bits per heavy atom. The monoisotopic (exact) mass is 260 g/mol. The summed E-state index contributed by atoms with van der Waals surface area (Å²) < 4.78 is 0. The molecule has 3 heteroatoms. The van der Waals surface area contributed by atoms with E-state index in [9.17, 15) is 4.79 Å². The highest BCUT2D eigenvalue weighted by molar-refractivity contribution is 5.95. The number of nitrogens with one attached hydrogen (secondary N) is 2. The van der Waals surface area contributed by atoms with E-state index in [1.165, 1.54) is 5.56 Å². The van der Waals surface area contributed by atoms with Crippen LogP contribution in [0.3, 0.4) is 0 Å². The molecule has 1 aliphatic heterocycles. The SMILES string of the molecule is CCC(CC)C(C)NC(=O)c1ccc2c(c1)NCC2. The van der Waals surface area contributed by atoms with Crippen molar-refractivity contribution in [3.05, 3.63) is 29.3 Å². The first-order chi connectivity index (χ1) is 9.15. The predicted molar refractivity (Wildman–Crippen MR) is 79.6 cm³/mol. The number of carbonyl (C=O) groups is 1. The van der Waals surface area contributed by atoms with E-state index < -0.39 is 0 Å². The van der Waals surface area contributed by atoms with Crippen molar-refractivity contribution in [1.82, 2.24) is 5.32 Å². The van der Waals surface area contributed by atoms with E-state index in [0.717, 1.165) is 37.1 Å². The van der Waals surface area contributed by atoms with Crippen LogP contribution in [0.4, 0.5) is 5.69 Å². The fourth-order valence-electron chi connectivity index (χ4n) is 2.84. The molecule has 1 atom stereocenters. The highest BCUT2D eigenvalue weighted by atomic mass is 16.1. The number of fused-ring (bicyclic) bond motifs is 1. The topological polar surface area (TPSA) is 41.1 Å². The minimum atomic E-state index is 0.0379. The lowest BCUT2D eigenvalue weighted by molar-refractivity contribution is 0.0925. The molecule has 0 aromatic heterocycles. The zero-order valence-corrected chi connectivity index (χ0v) is 12.1. The molecule has 19 heavy (non-hydrogen) atoms. The van der Waals surface area contributed by atoms with E-state index >= 15 is 0 Å². The summed E-state index contributed by atoms with van der Waals surface area (Å²) in [5, 5.41) is 6.44. The largest absolute Gasteiger partial charge is 0.384 e. The Balaban J connectivity index is 2.04. The molecule has 0 saturated carbocycles. The van der Waals surface area contributed by atoms with Crippen LogP contribution < -0.4 is 10.6 Å². The highest BCUT2D eigenvalue weighted by Crippen LogP contribution is 2.23. The maximum absolute atomic E-state index is 12.3. The molecule has 0 saturated heterocycles. The lowest BCUT2D eigenvalue weighted by atomic mass is 9.95. The van der Waals surface area contributed by atoms with E-state index in [-0.39, 0.29) is 11.9 Å². The number of hydrogen-bond donors (Lipinski definition) is 2. The molecule has 0 radical (unpaired) electrons. The van der Waals surface area contributed by atoms with Crippen LogP contribution in [0.5, 0.6) is 0 Å². The van der Waals surface area contributed by atoms with Gasteiger partial charge in [0.25, 0.3) is 5.91 Å². The van der Waals surface area contributed by atoms with Crippen molar-refractivity contribution in [2.45, 2.75) is 46.1 Å². The van der Waals surface area contributed by atoms with E-state index in [2.05, 4.69) is 37.5 Å². The minimum absolute atomic E-state index is 0.0379. The number of carbonyl (C=O) groups excluding carboxylic acids is 1. The molecular formula is C16H24N2O. The molecule has 1 heterocycles. The van der Waals surface area contributed by atoms with Crippen LogP contribution in [0.15, 0.2) is 18.2 Å². The summed E-state index contributed by atoms with van der Waals surface area (Å²) in [6, 6.07) is 6.19. The first-order valence-electron chi connectivity index (χ1n) is 7.33. The molecule has 0 aliphatic carbocycles. The van der Waals surface area contributed by atoms with Gasteiger partial charge in [0.2, 0.25) is 0 Å². The van der Waals surface area contributed by atoms with Gasteiger partial charge in [-0.2, -0.15) is 0 Å². The second-order valence-corrected chi connectivity index (χ2v) is 5.39. The minimum Gasteiger partial charge on any atom is -0.384 e. The van der Waals surface area contributed by atoms with Crippen LogP contribution in [0.1, 0.15) is 49.5 Å². The van der Waals surface area contributed by atoms with Crippen LogP contribution >= 0.6 is 0 Å². The Morgan fingerprint density at radius 1 is 1.37 bits per heavy atom. The number of amides is 1. The lowest BCUT2D eigenvalue weighted by Gasteiger charge is -2.22. The van der Waals surface area contributed by atoms with E-state index in [1.807, 2.05) is 12.1 Å². The molecular weight excluding hydrogens is 236 g/mol. The summed E-state index contributed by atoms with van der Waals surface area (Å²) in [5.41, 5.74) is 3.18. The van der Waals surface area contributed by atoms with Gasteiger partial charge < -0.3 is 10.6 Å². The zero-order chi connectivity index (χ0) is 13.8. The lowest BCUT2D eigenvalue weighted by Crippen LogP contribution is -2.37. The summed E-state index contributed by atoms with van der Waals surface area (Å²) in [4.78, 5) is 12.3. The Bertz CT molecular complexity index is 452. The summed E-state index contributed by atoms with van der Waals surface area (Å²) in [7, 11) is 0. The zero-order valence-electron chi connectivity index (χ0n) is 12.1. The first kappa shape index (κ1) is 13.9. The Morgan fingerprint density at radius 3 is 2.79 bits per heavy atom. The molecule has 2 rings (SSSR count). The van der Waals surface area contributed by atoms with Crippen molar-refractivity contribution in [1.29, 1.82) is 0 Å². The summed E-state index contributed by atoms with van der Waals surface area (Å²) >= 11 is 0. The molecule has 1 aromatic carbocycles. The first-order valence-corrected chi connectivity index (χ1v) is 7.33. The smallest absolute Gasteiger partial charge is 0.251 e. The van der Waals surface area contributed by atoms with Gasteiger partial charge in [0.05, 0.1) is 0 Å². The summed E-state index contributed by atoms with van der Waals surface area (Å²) in [5.74, 6) is 0.590. The maximum Gasteiger partial charge on any atom is 0.251 e. The number of rotatable bonds is 5. The third-order valence-corrected chi connectivity index (χ3v) is 4.20. The van der Waals surface area contributed by atoms with Gasteiger partial charge in [-0.25, -0.2) is 0 Å². The molecule has 1 amide bonds. The third kappa shape index (κ3) is 3.09. The van der Waals surface area contributed by atoms with Gasteiger partial charge in [0.15, 0.2) is 0 Å². The van der Waals surface area contributed by atoms with Crippen molar-refractivity contribution in [2.24, 2.45) is 5.92 Å². The van der Waals surface area contributed by atoms with Crippen LogP contribution in [0, 0.1) is 5.92 Å². The van der Waals surface area contributed by atoms with E-state index in [1.54, 1.807) is 0 Å². The number of anilines is 1. The second-order valence-electron chi connectivity index (χ2n) is 5.39. The van der Waals surface area contributed by atoms with Gasteiger partial charge in [-0.15, -0.1) is 0 Å². The second kappa shape index (κ2) is 6.09. The van der Waals surface area contributed by atoms with Crippen molar-refractivity contribution >= 4 is 11.6 Å². The summed E-state index contributed by atoms with van der Waals surface area (Å²) in [6.45, 7) is 7.43. The predicted octanol–water partition coefficient (Wildman–Crippen LogP) is 3.21. The quantitative estimate of drug-likeness (QED) is 0.853. The molecule has 1 aliphatic rings. The van der Waals surface area contributed by atoms with Crippen LogP contribution in [-0.2, 0) is 6.42 Å². The Kier molecular flexibility index (Phi) is 4.46. The highest BCUT2D eigenvalue weighted by Gasteiger charge is 2.18. The standard InChI is InChI=1S/C16H24N2O/c1-4-12(5-2)11(3)18-16(19)14-7-6-13-8-9-17-15(13)10-14/h6-7,10-12,17H,4-5,8-9H2,1-3H3,(H,18,19). The molecule has 2 N–H and O–H groups in total. The number of hydrogen-bond acceptors (Lipinski definition) is 2. The Labute approximate surface area is 115 Å². The molecule has 1 unspecified atom stereocenters. The van der Waals surface area contributed by atoms with Crippen molar-refractivity contribution in [3.8, 4) is 0 Å². The molecule has 0 fully saturated rings. The van der Waals surface area contributed by atoms with Crippen molar-refractivity contribution < 1.29 is 4.79 Å². The fraction of sp³-hybridized carbons (Fsp3) is 0.562. The van der Waals surface area contributed by atoms with Crippen LogP contribution in [0.2, 0.25) is 0 Å². The average Bonchev–Trinajstić information content (AvgIpc) is 2.87. The van der Waals surface area contributed by atoms with E-state index in [0.29, 0.717) is 5.92 Å².